The monoisotopic (exact) mass is 607 g/mol. The van der Waals surface area contributed by atoms with Crippen molar-refractivity contribution in [3.8, 4) is 0 Å². The molecule has 0 radical (unpaired) electrons. The van der Waals surface area contributed by atoms with Crippen molar-refractivity contribution >= 4 is 35.2 Å². The number of carbonyl (C=O) groups excluding carboxylic acids is 5. The van der Waals surface area contributed by atoms with E-state index in [4.69, 9.17) is 4.74 Å². The lowest BCUT2D eigenvalue weighted by Gasteiger charge is -2.57. The summed E-state index contributed by atoms with van der Waals surface area (Å²) in [6, 6.07) is 7.67. The van der Waals surface area contributed by atoms with Crippen LogP contribution >= 0.6 is 0 Å². The molecule has 4 aliphatic carbocycles. The second kappa shape index (κ2) is 12.0. The van der Waals surface area contributed by atoms with Crippen LogP contribution in [0.2, 0.25) is 0 Å². The summed E-state index contributed by atoms with van der Waals surface area (Å²) in [5.74, 6) is -3.52. The van der Waals surface area contributed by atoms with Gasteiger partial charge in [0.1, 0.15) is 17.4 Å². The van der Waals surface area contributed by atoms with Gasteiger partial charge in [-0.05, 0) is 61.0 Å². The van der Waals surface area contributed by atoms with E-state index in [0.29, 0.717) is 19.3 Å². The molecule has 0 heterocycles. The predicted molar refractivity (Wildman–Crippen MR) is 157 cm³/mol. The van der Waals surface area contributed by atoms with Crippen LogP contribution in [0.15, 0.2) is 42.0 Å². The number of carboxylic acid groups (broad SMARTS) is 1. The molecule has 44 heavy (non-hydrogen) atoms. The van der Waals surface area contributed by atoms with Gasteiger partial charge in [0, 0.05) is 37.0 Å². The zero-order chi connectivity index (χ0) is 31.9. The van der Waals surface area contributed by atoms with Crippen LogP contribution in [0.25, 0.3) is 0 Å². The largest absolute Gasteiger partial charge is 0.480 e. The van der Waals surface area contributed by atoms with E-state index in [9.17, 15) is 39.0 Å². The summed E-state index contributed by atoms with van der Waals surface area (Å²) in [4.78, 5) is 75.7. The SMILES string of the molecule is C[C@]12CCC(=O)C=C1CCC1C2C(=O)C[C@@]2(C)C1CC[C@]2(O)C(=O)COC(=O)CCC(=O)NC(Cc1ccccc1)C(=O)O. The van der Waals surface area contributed by atoms with Gasteiger partial charge in [-0.15, -0.1) is 0 Å². The molecule has 0 aliphatic heterocycles. The molecule has 4 aliphatic rings. The number of allylic oxidation sites excluding steroid dienone is 1. The van der Waals surface area contributed by atoms with Crippen molar-refractivity contribution in [3.05, 3.63) is 47.5 Å². The number of aliphatic carboxylic acids is 1. The molecule has 7 atom stereocenters. The molecular weight excluding hydrogens is 566 g/mol. The lowest BCUT2D eigenvalue weighted by molar-refractivity contribution is -0.173. The fraction of sp³-hybridized carbons (Fsp3) is 0.588. The van der Waals surface area contributed by atoms with Crippen molar-refractivity contribution in [2.45, 2.75) is 89.7 Å². The second-order valence-corrected chi connectivity index (χ2v) is 13.5. The predicted octanol–water partition coefficient (Wildman–Crippen LogP) is 3.13. The first-order valence-electron chi connectivity index (χ1n) is 15.5. The van der Waals surface area contributed by atoms with E-state index in [1.165, 1.54) is 0 Å². The number of hydrogen-bond acceptors (Lipinski definition) is 8. The first kappa shape index (κ1) is 31.8. The molecule has 236 valence electrons. The molecule has 1 amide bonds. The van der Waals surface area contributed by atoms with E-state index in [-0.39, 0.29) is 66.8 Å². The summed E-state index contributed by atoms with van der Waals surface area (Å²) in [7, 11) is 0. The van der Waals surface area contributed by atoms with Gasteiger partial charge in [-0.3, -0.25) is 24.0 Å². The maximum absolute atomic E-state index is 13.8. The third kappa shape index (κ3) is 5.64. The van der Waals surface area contributed by atoms with Crippen LogP contribution in [0, 0.1) is 28.6 Å². The first-order valence-corrected chi connectivity index (χ1v) is 15.5. The van der Waals surface area contributed by atoms with E-state index < -0.39 is 47.3 Å². The van der Waals surface area contributed by atoms with Gasteiger partial charge >= 0.3 is 11.9 Å². The summed E-state index contributed by atoms with van der Waals surface area (Å²) in [5, 5.41) is 23.7. The number of fused-ring (bicyclic) bond motifs is 5. The van der Waals surface area contributed by atoms with Gasteiger partial charge in [0.05, 0.1) is 6.42 Å². The molecule has 1 aromatic rings. The number of hydrogen-bond donors (Lipinski definition) is 3. The summed E-state index contributed by atoms with van der Waals surface area (Å²) in [6.45, 7) is 3.20. The number of nitrogens with one attached hydrogen (secondary N) is 1. The Morgan fingerprint density at radius 3 is 2.45 bits per heavy atom. The first-order chi connectivity index (χ1) is 20.8. The Morgan fingerprint density at radius 2 is 1.75 bits per heavy atom. The summed E-state index contributed by atoms with van der Waals surface area (Å²) in [5.41, 5.74) is -1.43. The van der Waals surface area contributed by atoms with Crippen molar-refractivity contribution < 1.29 is 43.7 Å². The number of benzene rings is 1. The van der Waals surface area contributed by atoms with Crippen LogP contribution in [0.4, 0.5) is 0 Å². The standard InChI is InChI=1S/C34H41NO9/c1-32-14-12-22(36)17-21(32)8-9-23-24-13-15-34(43,33(24,2)18-26(37)30(23)32)27(38)19-44-29(40)11-10-28(39)35-25(31(41)42)16-20-6-4-3-5-7-20/h3-7,17,23-25,30,43H,8-16,18-19H2,1-2H3,(H,35,39)(H,41,42)/t23?,24?,25?,30?,32-,33-,34-/m0/s1. The van der Waals surface area contributed by atoms with Crippen molar-refractivity contribution in [3.63, 3.8) is 0 Å². The average molecular weight is 608 g/mol. The normalized spacial score (nSPS) is 33.2. The van der Waals surface area contributed by atoms with Gasteiger partial charge in [-0.2, -0.15) is 0 Å². The van der Waals surface area contributed by atoms with Gasteiger partial charge in [-0.25, -0.2) is 4.79 Å². The Balaban J connectivity index is 1.16. The third-order valence-electron chi connectivity index (χ3n) is 11.1. The molecule has 0 spiro atoms. The number of esters is 1. The zero-order valence-electron chi connectivity index (χ0n) is 25.3. The van der Waals surface area contributed by atoms with Crippen molar-refractivity contribution in [1.82, 2.24) is 5.32 Å². The van der Waals surface area contributed by atoms with Gasteiger partial charge in [0.15, 0.2) is 12.4 Å². The number of ketones is 3. The highest BCUT2D eigenvalue weighted by Gasteiger charge is 2.68. The maximum atomic E-state index is 13.8. The topological polar surface area (TPSA) is 164 Å². The molecule has 10 nitrogen and oxygen atoms in total. The minimum atomic E-state index is -1.83. The van der Waals surface area contributed by atoms with Crippen molar-refractivity contribution in [2.24, 2.45) is 28.6 Å². The zero-order valence-corrected chi connectivity index (χ0v) is 25.3. The molecule has 1 aromatic carbocycles. The van der Waals surface area contributed by atoms with Gasteiger partial charge in [-0.1, -0.05) is 49.8 Å². The molecular formula is C34H41NO9. The second-order valence-electron chi connectivity index (χ2n) is 13.5. The summed E-state index contributed by atoms with van der Waals surface area (Å²) in [6.07, 6.45) is 4.39. The van der Waals surface area contributed by atoms with E-state index in [1.54, 1.807) is 43.3 Å². The fourth-order valence-electron chi connectivity index (χ4n) is 8.72. The van der Waals surface area contributed by atoms with Gasteiger partial charge in [0.2, 0.25) is 11.7 Å². The van der Waals surface area contributed by atoms with Crippen molar-refractivity contribution in [1.29, 1.82) is 0 Å². The minimum Gasteiger partial charge on any atom is -0.480 e. The highest BCUT2D eigenvalue weighted by atomic mass is 16.5. The number of aliphatic hydroxyl groups is 1. The molecule has 0 saturated heterocycles. The van der Waals surface area contributed by atoms with E-state index in [2.05, 4.69) is 12.2 Å². The molecule has 10 heteroatoms. The lowest BCUT2D eigenvalue weighted by Crippen LogP contribution is -2.61. The number of Topliss-reactive ketones (excluding diaryl/α,β-unsaturated/α-hetero) is 2. The summed E-state index contributed by atoms with van der Waals surface area (Å²) < 4.78 is 5.17. The average Bonchev–Trinajstić information content (AvgIpc) is 3.25. The van der Waals surface area contributed by atoms with Gasteiger partial charge in [0.25, 0.3) is 0 Å². The summed E-state index contributed by atoms with van der Waals surface area (Å²) >= 11 is 0. The Bertz CT molecular complexity index is 1400. The van der Waals surface area contributed by atoms with Crippen molar-refractivity contribution in [2.75, 3.05) is 6.61 Å². The van der Waals surface area contributed by atoms with Crippen LogP contribution in [-0.4, -0.2) is 63.7 Å². The molecule has 0 bridgehead atoms. The maximum Gasteiger partial charge on any atom is 0.326 e. The Labute approximate surface area is 256 Å². The quantitative estimate of drug-likeness (QED) is 0.339. The molecule has 3 N–H and O–H groups in total. The Kier molecular flexibility index (Phi) is 8.68. The minimum absolute atomic E-state index is 0.00370. The van der Waals surface area contributed by atoms with E-state index in [0.717, 1.165) is 24.0 Å². The van der Waals surface area contributed by atoms with Crippen LogP contribution in [0.3, 0.4) is 0 Å². The van der Waals surface area contributed by atoms with E-state index >= 15 is 0 Å². The molecule has 4 unspecified atom stereocenters. The Hall–Kier alpha value is -3.66. The van der Waals surface area contributed by atoms with Crippen LogP contribution in [0.1, 0.15) is 77.2 Å². The van der Waals surface area contributed by atoms with Crippen LogP contribution in [-0.2, 0) is 39.9 Å². The van der Waals surface area contributed by atoms with Crippen LogP contribution in [0.5, 0.6) is 0 Å². The number of amides is 1. The number of carbonyl (C=O) groups is 6. The molecule has 3 fully saturated rings. The Morgan fingerprint density at radius 1 is 1.02 bits per heavy atom. The van der Waals surface area contributed by atoms with Gasteiger partial charge < -0.3 is 20.3 Å². The fourth-order valence-corrected chi connectivity index (χ4v) is 8.72. The van der Waals surface area contributed by atoms with E-state index in [1.807, 2.05) is 0 Å². The smallest absolute Gasteiger partial charge is 0.326 e. The number of rotatable bonds is 10. The number of ether oxygens (including phenoxy) is 1. The number of carboxylic acids is 1. The molecule has 5 rings (SSSR count). The highest BCUT2D eigenvalue weighted by molar-refractivity contribution is 5.95. The highest BCUT2D eigenvalue weighted by Crippen LogP contribution is 2.66. The molecule has 3 saturated carbocycles. The molecule has 0 aromatic heterocycles. The lowest BCUT2D eigenvalue weighted by atomic mass is 9.46. The third-order valence-corrected chi connectivity index (χ3v) is 11.1. The van der Waals surface area contributed by atoms with Crippen LogP contribution < -0.4 is 5.32 Å².